The van der Waals surface area contributed by atoms with Crippen molar-refractivity contribution in [1.29, 1.82) is 0 Å². The van der Waals surface area contributed by atoms with Gasteiger partial charge in [0.1, 0.15) is 12.2 Å². The number of carbonyl (C=O) groups excluding carboxylic acids is 1. The number of ether oxygens (including phenoxy) is 1. The quantitative estimate of drug-likeness (QED) is 0.539. The molecule has 4 aromatic rings. The SMILES string of the molecule is COC(=O)Cc1nc2ccccc2n1-c1cccc2ccccc12. The van der Waals surface area contributed by atoms with Gasteiger partial charge in [0.05, 0.1) is 23.8 Å². The molecule has 4 rings (SSSR count). The maximum Gasteiger partial charge on any atom is 0.313 e. The monoisotopic (exact) mass is 316 g/mol. The average Bonchev–Trinajstić information content (AvgIpc) is 2.98. The molecule has 0 saturated carbocycles. The van der Waals surface area contributed by atoms with Gasteiger partial charge in [0.2, 0.25) is 0 Å². The number of methoxy groups -OCH3 is 1. The van der Waals surface area contributed by atoms with Crippen LogP contribution in [-0.2, 0) is 16.0 Å². The van der Waals surface area contributed by atoms with E-state index in [1.54, 1.807) is 0 Å². The molecule has 1 aromatic heterocycles. The summed E-state index contributed by atoms with van der Waals surface area (Å²) < 4.78 is 6.89. The highest BCUT2D eigenvalue weighted by atomic mass is 16.5. The predicted molar refractivity (Wildman–Crippen MR) is 94.3 cm³/mol. The van der Waals surface area contributed by atoms with Crippen molar-refractivity contribution in [3.63, 3.8) is 0 Å². The highest BCUT2D eigenvalue weighted by Crippen LogP contribution is 2.28. The smallest absolute Gasteiger partial charge is 0.313 e. The maximum atomic E-state index is 11.8. The van der Waals surface area contributed by atoms with Crippen molar-refractivity contribution in [2.45, 2.75) is 6.42 Å². The molecule has 0 spiro atoms. The van der Waals surface area contributed by atoms with Crippen molar-refractivity contribution in [1.82, 2.24) is 9.55 Å². The molecule has 0 bridgehead atoms. The van der Waals surface area contributed by atoms with Crippen molar-refractivity contribution in [3.05, 3.63) is 72.6 Å². The second-order valence-electron chi connectivity index (χ2n) is 5.60. The Kier molecular flexibility index (Phi) is 3.50. The molecule has 3 aromatic carbocycles. The zero-order chi connectivity index (χ0) is 16.5. The van der Waals surface area contributed by atoms with Gasteiger partial charge in [-0.3, -0.25) is 9.36 Å². The van der Waals surface area contributed by atoms with Crippen LogP contribution in [0.5, 0.6) is 0 Å². The summed E-state index contributed by atoms with van der Waals surface area (Å²) >= 11 is 0. The first kappa shape index (κ1) is 14.5. The van der Waals surface area contributed by atoms with Crippen LogP contribution in [0.15, 0.2) is 66.7 Å². The molecule has 4 nitrogen and oxygen atoms in total. The summed E-state index contributed by atoms with van der Waals surface area (Å²) in [6, 6.07) is 22.3. The van der Waals surface area contributed by atoms with Crippen LogP contribution < -0.4 is 0 Å². The second kappa shape index (κ2) is 5.81. The van der Waals surface area contributed by atoms with Crippen molar-refractivity contribution in [3.8, 4) is 5.69 Å². The molecule has 0 aliphatic heterocycles. The Morgan fingerprint density at radius 2 is 1.75 bits per heavy atom. The lowest BCUT2D eigenvalue weighted by atomic mass is 10.1. The first-order valence-electron chi connectivity index (χ1n) is 7.79. The van der Waals surface area contributed by atoms with E-state index in [2.05, 4.69) is 33.8 Å². The summed E-state index contributed by atoms with van der Waals surface area (Å²) in [7, 11) is 1.40. The van der Waals surface area contributed by atoms with Crippen molar-refractivity contribution in [2.75, 3.05) is 7.11 Å². The highest BCUT2D eigenvalue weighted by molar-refractivity contribution is 5.93. The molecule has 4 heteroatoms. The molecule has 118 valence electrons. The van der Waals surface area contributed by atoms with E-state index in [1.807, 2.05) is 42.5 Å². The van der Waals surface area contributed by atoms with E-state index in [0.29, 0.717) is 5.82 Å². The molecular weight excluding hydrogens is 300 g/mol. The fraction of sp³-hybridized carbons (Fsp3) is 0.100. The molecule has 0 atom stereocenters. The van der Waals surface area contributed by atoms with Crippen molar-refractivity contribution < 1.29 is 9.53 Å². The fourth-order valence-corrected chi connectivity index (χ4v) is 3.07. The van der Waals surface area contributed by atoms with Crippen molar-refractivity contribution >= 4 is 27.8 Å². The van der Waals surface area contributed by atoms with E-state index >= 15 is 0 Å². The van der Waals surface area contributed by atoms with E-state index in [1.165, 1.54) is 7.11 Å². The molecule has 0 fully saturated rings. The van der Waals surface area contributed by atoms with Gasteiger partial charge < -0.3 is 4.74 Å². The predicted octanol–water partition coefficient (Wildman–Crippen LogP) is 3.89. The zero-order valence-electron chi connectivity index (χ0n) is 13.3. The number of para-hydroxylation sites is 2. The van der Waals surface area contributed by atoms with Gasteiger partial charge in [0, 0.05) is 5.39 Å². The molecule has 0 aliphatic carbocycles. The van der Waals surface area contributed by atoms with Crippen molar-refractivity contribution in [2.24, 2.45) is 0 Å². The largest absolute Gasteiger partial charge is 0.469 e. The summed E-state index contributed by atoms with van der Waals surface area (Å²) in [4.78, 5) is 16.5. The number of imidazole rings is 1. The number of nitrogens with zero attached hydrogens (tertiary/aromatic N) is 2. The van der Waals surface area contributed by atoms with Gasteiger partial charge in [-0.25, -0.2) is 4.98 Å². The average molecular weight is 316 g/mol. The standard InChI is InChI=1S/C20H16N2O2/c1-24-20(23)13-19-21-16-10-4-5-11-18(16)22(19)17-12-6-8-14-7-2-3-9-15(14)17/h2-12H,13H2,1H3. The maximum absolute atomic E-state index is 11.8. The topological polar surface area (TPSA) is 44.1 Å². The molecule has 1 heterocycles. The Bertz CT molecular complexity index is 1040. The van der Waals surface area contributed by atoms with Gasteiger partial charge in [0.25, 0.3) is 0 Å². The molecule has 0 radical (unpaired) electrons. The minimum atomic E-state index is -0.299. The van der Waals surface area contributed by atoms with Gasteiger partial charge in [0.15, 0.2) is 0 Å². The zero-order valence-corrected chi connectivity index (χ0v) is 13.3. The van der Waals surface area contributed by atoms with Gasteiger partial charge in [-0.15, -0.1) is 0 Å². The Morgan fingerprint density at radius 3 is 2.62 bits per heavy atom. The third kappa shape index (κ3) is 2.33. The normalized spacial score (nSPS) is 11.0. The Balaban J connectivity index is 2.03. The molecule has 24 heavy (non-hydrogen) atoms. The summed E-state index contributed by atoms with van der Waals surface area (Å²) in [5.41, 5.74) is 2.86. The lowest BCUT2D eigenvalue weighted by Crippen LogP contribution is -2.10. The molecule has 0 saturated heterocycles. The van der Waals surface area contributed by atoms with E-state index in [4.69, 9.17) is 4.74 Å². The Morgan fingerprint density at radius 1 is 1.00 bits per heavy atom. The third-order valence-corrected chi connectivity index (χ3v) is 4.17. The number of rotatable bonds is 3. The van der Waals surface area contributed by atoms with Crippen LogP contribution in [0.2, 0.25) is 0 Å². The van der Waals surface area contributed by atoms with Gasteiger partial charge in [-0.05, 0) is 23.6 Å². The summed E-state index contributed by atoms with van der Waals surface area (Å²) in [6.07, 6.45) is 0.133. The minimum absolute atomic E-state index is 0.133. The number of carbonyl (C=O) groups is 1. The van der Waals surface area contributed by atoms with Crippen LogP contribution in [0, 0.1) is 0 Å². The van der Waals surface area contributed by atoms with E-state index in [0.717, 1.165) is 27.5 Å². The van der Waals surface area contributed by atoms with E-state index in [-0.39, 0.29) is 12.4 Å². The van der Waals surface area contributed by atoms with Crippen LogP contribution in [0.1, 0.15) is 5.82 Å². The summed E-state index contributed by atoms with van der Waals surface area (Å²) in [5, 5.41) is 2.27. The lowest BCUT2D eigenvalue weighted by Gasteiger charge is -2.12. The van der Waals surface area contributed by atoms with Crippen LogP contribution in [0.3, 0.4) is 0 Å². The van der Waals surface area contributed by atoms with Crippen LogP contribution in [0.4, 0.5) is 0 Å². The highest BCUT2D eigenvalue weighted by Gasteiger charge is 2.16. The number of esters is 1. The Labute approximate surface area is 139 Å². The number of aromatic nitrogens is 2. The fourth-order valence-electron chi connectivity index (χ4n) is 3.07. The first-order valence-corrected chi connectivity index (χ1v) is 7.79. The molecule has 0 unspecified atom stereocenters. The van der Waals surface area contributed by atoms with Gasteiger partial charge in [-0.1, -0.05) is 48.5 Å². The molecule has 0 aliphatic rings. The van der Waals surface area contributed by atoms with Gasteiger partial charge >= 0.3 is 5.97 Å². The van der Waals surface area contributed by atoms with Crippen LogP contribution in [-0.4, -0.2) is 22.6 Å². The lowest BCUT2D eigenvalue weighted by molar-refractivity contribution is -0.139. The number of hydrogen-bond donors (Lipinski definition) is 0. The van der Waals surface area contributed by atoms with E-state index in [9.17, 15) is 4.79 Å². The second-order valence-corrected chi connectivity index (χ2v) is 5.60. The van der Waals surface area contributed by atoms with Crippen LogP contribution in [0.25, 0.3) is 27.5 Å². The molecule has 0 N–H and O–H groups in total. The summed E-state index contributed by atoms with van der Waals surface area (Å²) in [6.45, 7) is 0. The van der Waals surface area contributed by atoms with E-state index < -0.39 is 0 Å². The van der Waals surface area contributed by atoms with Crippen LogP contribution >= 0.6 is 0 Å². The third-order valence-electron chi connectivity index (χ3n) is 4.17. The number of fused-ring (bicyclic) bond motifs is 2. The number of hydrogen-bond acceptors (Lipinski definition) is 3. The number of benzene rings is 3. The first-order chi connectivity index (χ1) is 11.8. The van der Waals surface area contributed by atoms with Gasteiger partial charge in [-0.2, -0.15) is 0 Å². The Hall–Kier alpha value is -3.14. The minimum Gasteiger partial charge on any atom is -0.469 e. The molecular formula is C20H16N2O2. The summed E-state index contributed by atoms with van der Waals surface area (Å²) in [5.74, 6) is 0.381. The molecule has 0 amide bonds.